The molecule has 0 saturated carbocycles. The van der Waals surface area contributed by atoms with Gasteiger partial charge >= 0.3 is 11.9 Å². The molecule has 51 heavy (non-hydrogen) atoms. The Kier molecular flexibility index (Phi) is 12.9. The number of aromatic nitrogens is 1. The van der Waals surface area contributed by atoms with E-state index in [1.807, 2.05) is 24.3 Å². The topological polar surface area (TPSA) is 141 Å². The predicted octanol–water partition coefficient (Wildman–Crippen LogP) is 5.68. The summed E-state index contributed by atoms with van der Waals surface area (Å²) in [4.78, 5) is 28.1. The quantitative estimate of drug-likeness (QED) is 0.0982. The lowest BCUT2D eigenvalue weighted by Gasteiger charge is -2.21. The summed E-state index contributed by atoms with van der Waals surface area (Å²) < 4.78 is 63.3. The number of carbonyl (C=O) groups excluding carboxylic acids is 2. The Balaban J connectivity index is 2.27. The fourth-order valence-corrected chi connectivity index (χ4v) is 5.84. The van der Waals surface area contributed by atoms with Crippen LogP contribution in [0.3, 0.4) is 0 Å². The van der Waals surface area contributed by atoms with Crippen molar-refractivity contribution in [1.82, 2.24) is 4.57 Å². The van der Waals surface area contributed by atoms with Crippen molar-refractivity contribution in [3.63, 3.8) is 0 Å². The molecule has 1 aromatic heterocycles. The maximum Gasteiger partial charge on any atom is 0.355 e. The molecule has 14 heteroatoms. The number of ether oxygens (including phenoxy) is 11. The standard InChI is InChI=1S/C37H43NO13/c1-41-20-51-32-24(19-27(45-5)34(47-7)35(32)48-8)29-28(22-17-25(43-3)33(46-6)26(18-22)44-4)30(36(39)49-9)38(31(29)37(40)50-10)16-15-21-11-13-23(42-2)14-12-21/h11-14,17-19H,15-16,20H2,1-10H3. The van der Waals surface area contributed by atoms with Crippen LogP contribution in [0.15, 0.2) is 42.5 Å². The number of hydrogen-bond acceptors (Lipinski definition) is 13. The van der Waals surface area contributed by atoms with Crippen LogP contribution in [0.25, 0.3) is 22.3 Å². The Bertz CT molecular complexity index is 1820. The highest BCUT2D eigenvalue weighted by Gasteiger charge is 2.37. The van der Waals surface area contributed by atoms with Gasteiger partial charge in [-0.05, 0) is 47.9 Å². The molecule has 0 unspecified atom stereocenters. The Morgan fingerprint density at radius 1 is 0.569 bits per heavy atom. The summed E-state index contributed by atoms with van der Waals surface area (Å²) >= 11 is 0. The Hall–Kier alpha value is -5.76. The summed E-state index contributed by atoms with van der Waals surface area (Å²) in [5.74, 6) is 0.812. The van der Waals surface area contributed by atoms with Crippen LogP contribution < -0.4 is 37.9 Å². The second kappa shape index (κ2) is 17.3. The zero-order valence-corrected chi connectivity index (χ0v) is 30.4. The van der Waals surface area contributed by atoms with E-state index in [9.17, 15) is 9.59 Å². The van der Waals surface area contributed by atoms with Gasteiger partial charge in [0.2, 0.25) is 17.2 Å². The van der Waals surface area contributed by atoms with Gasteiger partial charge < -0.3 is 56.7 Å². The van der Waals surface area contributed by atoms with Crippen LogP contribution >= 0.6 is 0 Å². The van der Waals surface area contributed by atoms with E-state index in [1.165, 1.54) is 64.0 Å². The van der Waals surface area contributed by atoms with Gasteiger partial charge in [0, 0.05) is 30.3 Å². The molecule has 274 valence electrons. The van der Waals surface area contributed by atoms with E-state index in [0.717, 1.165) is 5.56 Å². The van der Waals surface area contributed by atoms with E-state index < -0.39 is 11.9 Å². The molecule has 4 rings (SSSR count). The first-order chi connectivity index (χ1) is 24.7. The van der Waals surface area contributed by atoms with Crippen molar-refractivity contribution in [3.05, 3.63) is 59.4 Å². The van der Waals surface area contributed by atoms with Gasteiger partial charge in [0.1, 0.15) is 17.1 Å². The molecule has 0 fully saturated rings. The van der Waals surface area contributed by atoms with Gasteiger partial charge in [0.05, 0.1) is 64.0 Å². The molecule has 0 atom stereocenters. The Morgan fingerprint density at radius 2 is 1.10 bits per heavy atom. The van der Waals surface area contributed by atoms with Crippen molar-refractivity contribution in [3.8, 4) is 68.2 Å². The third kappa shape index (κ3) is 7.41. The summed E-state index contributed by atoms with van der Waals surface area (Å²) in [6, 6.07) is 12.4. The van der Waals surface area contributed by atoms with Crippen LogP contribution in [-0.2, 0) is 27.2 Å². The maximum absolute atomic E-state index is 14.1. The van der Waals surface area contributed by atoms with Crippen LogP contribution in [0.4, 0.5) is 0 Å². The van der Waals surface area contributed by atoms with E-state index in [4.69, 9.17) is 52.1 Å². The van der Waals surface area contributed by atoms with Crippen molar-refractivity contribution in [2.24, 2.45) is 0 Å². The lowest BCUT2D eigenvalue weighted by Crippen LogP contribution is -2.18. The Morgan fingerprint density at radius 3 is 1.57 bits per heavy atom. The third-order valence-electron chi connectivity index (χ3n) is 8.13. The summed E-state index contributed by atoms with van der Waals surface area (Å²) in [5, 5.41) is 0. The van der Waals surface area contributed by atoms with Crippen LogP contribution in [0, 0.1) is 0 Å². The van der Waals surface area contributed by atoms with Crippen LogP contribution in [0.2, 0.25) is 0 Å². The number of benzene rings is 3. The number of aryl methyl sites for hydroxylation is 1. The zero-order chi connectivity index (χ0) is 37.2. The summed E-state index contributed by atoms with van der Waals surface area (Å²) in [6.07, 6.45) is 0.392. The first-order valence-electron chi connectivity index (χ1n) is 15.5. The van der Waals surface area contributed by atoms with Crippen molar-refractivity contribution in [2.75, 3.05) is 77.9 Å². The highest BCUT2D eigenvalue weighted by Crippen LogP contribution is 2.54. The van der Waals surface area contributed by atoms with Crippen molar-refractivity contribution < 1.29 is 61.7 Å². The first kappa shape index (κ1) is 38.0. The number of esters is 2. The van der Waals surface area contributed by atoms with Gasteiger partial charge in [0.15, 0.2) is 29.8 Å². The molecule has 0 bridgehead atoms. The largest absolute Gasteiger partial charge is 0.497 e. The molecule has 0 aliphatic heterocycles. The highest BCUT2D eigenvalue weighted by atomic mass is 16.7. The maximum atomic E-state index is 14.1. The van der Waals surface area contributed by atoms with Crippen molar-refractivity contribution in [2.45, 2.75) is 13.0 Å². The van der Waals surface area contributed by atoms with Crippen LogP contribution in [0.5, 0.6) is 46.0 Å². The second-order valence-electron chi connectivity index (χ2n) is 10.7. The molecular weight excluding hydrogens is 666 g/mol. The Labute approximate surface area is 296 Å². The average Bonchev–Trinajstić information content (AvgIpc) is 3.51. The number of methoxy groups -OCH3 is 10. The summed E-state index contributed by atoms with van der Waals surface area (Å²) in [7, 11) is 14.3. The highest BCUT2D eigenvalue weighted by molar-refractivity contribution is 6.10. The van der Waals surface area contributed by atoms with E-state index in [2.05, 4.69) is 0 Å². The monoisotopic (exact) mass is 709 g/mol. The van der Waals surface area contributed by atoms with Crippen LogP contribution in [-0.4, -0.2) is 94.4 Å². The lowest BCUT2D eigenvalue weighted by molar-refractivity contribution is 0.0492. The molecule has 0 radical (unpaired) electrons. The number of rotatable bonds is 17. The minimum atomic E-state index is -0.755. The molecular formula is C37H43NO13. The SMILES string of the molecule is COCOc1c(-c2c(-c3cc(OC)c(OC)c(OC)c3)c(C(=O)OC)n(CCc3ccc(OC)cc3)c2C(=O)OC)cc(OC)c(OC)c1OC. The minimum absolute atomic E-state index is 0.00621. The van der Waals surface area contributed by atoms with Crippen LogP contribution in [0.1, 0.15) is 26.5 Å². The summed E-state index contributed by atoms with van der Waals surface area (Å²) in [5.41, 5.74) is 2.10. The van der Waals surface area contributed by atoms with Gasteiger partial charge in [0.25, 0.3) is 0 Å². The van der Waals surface area contributed by atoms with E-state index >= 15 is 0 Å². The van der Waals surface area contributed by atoms with E-state index in [-0.39, 0.29) is 64.4 Å². The van der Waals surface area contributed by atoms with E-state index in [1.54, 1.807) is 29.9 Å². The molecule has 1 heterocycles. The fraction of sp³-hybridized carbons (Fsp3) is 0.351. The molecule has 0 amide bonds. The number of hydrogen-bond donors (Lipinski definition) is 0. The van der Waals surface area contributed by atoms with Gasteiger partial charge in [-0.25, -0.2) is 9.59 Å². The molecule has 14 nitrogen and oxygen atoms in total. The van der Waals surface area contributed by atoms with Gasteiger partial charge in [-0.1, -0.05) is 12.1 Å². The lowest BCUT2D eigenvalue weighted by atomic mass is 9.92. The number of carbonyl (C=O) groups is 2. The summed E-state index contributed by atoms with van der Waals surface area (Å²) in [6.45, 7) is -0.0781. The first-order valence-corrected chi connectivity index (χ1v) is 15.5. The zero-order valence-electron chi connectivity index (χ0n) is 30.4. The van der Waals surface area contributed by atoms with E-state index in [0.29, 0.717) is 35.0 Å². The molecule has 4 aromatic rings. The average molecular weight is 710 g/mol. The second-order valence-corrected chi connectivity index (χ2v) is 10.7. The molecule has 0 aliphatic carbocycles. The minimum Gasteiger partial charge on any atom is -0.497 e. The van der Waals surface area contributed by atoms with Crippen molar-refractivity contribution in [1.29, 1.82) is 0 Å². The van der Waals surface area contributed by atoms with Gasteiger partial charge in [-0.15, -0.1) is 0 Å². The normalized spacial score (nSPS) is 10.6. The molecule has 0 saturated heterocycles. The van der Waals surface area contributed by atoms with Gasteiger partial charge in [-0.3, -0.25) is 0 Å². The number of nitrogens with zero attached hydrogens (tertiary/aromatic N) is 1. The van der Waals surface area contributed by atoms with Gasteiger partial charge in [-0.2, -0.15) is 0 Å². The van der Waals surface area contributed by atoms with Crippen molar-refractivity contribution >= 4 is 11.9 Å². The molecule has 3 aromatic carbocycles. The molecule has 0 aliphatic rings. The smallest absolute Gasteiger partial charge is 0.355 e. The molecule has 0 spiro atoms. The fourth-order valence-electron chi connectivity index (χ4n) is 5.84. The third-order valence-corrected chi connectivity index (χ3v) is 8.13. The predicted molar refractivity (Wildman–Crippen MR) is 186 cm³/mol. The molecule has 0 N–H and O–H groups in total.